The second-order valence-electron chi connectivity index (χ2n) is 4.18. The highest BCUT2D eigenvalue weighted by molar-refractivity contribution is 7.92. The molecule has 2 rings (SSSR count). The largest absolute Gasteiger partial charge is 0.269 e. The first-order valence-electron chi connectivity index (χ1n) is 5.07. The fourth-order valence-corrected chi connectivity index (χ4v) is 3.47. The van der Waals surface area contributed by atoms with E-state index >= 15 is 0 Å². The first-order chi connectivity index (χ1) is 7.80. The van der Waals surface area contributed by atoms with Gasteiger partial charge < -0.3 is 0 Å². The fraction of sp³-hybridized carbons (Fsp3) is 0.400. The Morgan fingerprint density at radius 1 is 1.47 bits per heavy atom. The third-order valence-electron chi connectivity index (χ3n) is 2.78. The summed E-state index contributed by atoms with van der Waals surface area (Å²) in [5, 5.41) is 10.6. The van der Waals surface area contributed by atoms with Gasteiger partial charge in [-0.15, -0.1) is 0 Å². The summed E-state index contributed by atoms with van der Waals surface area (Å²) in [6.45, 7) is 1.78. The van der Waals surface area contributed by atoms with Crippen molar-refractivity contribution in [3.63, 3.8) is 0 Å². The number of rotatable bonds is 2. The third-order valence-corrected chi connectivity index (χ3v) is 4.06. The lowest BCUT2D eigenvalue weighted by Crippen LogP contribution is -2.34. The second kappa shape index (κ2) is 3.69. The van der Waals surface area contributed by atoms with E-state index in [1.807, 2.05) is 0 Å². The van der Waals surface area contributed by atoms with E-state index in [2.05, 4.69) is 0 Å². The molecule has 6 nitrogen and oxygen atoms in total. The van der Waals surface area contributed by atoms with Crippen LogP contribution in [-0.2, 0) is 16.4 Å². The van der Waals surface area contributed by atoms with Crippen molar-refractivity contribution in [2.75, 3.05) is 10.6 Å². The van der Waals surface area contributed by atoms with Crippen LogP contribution in [0.15, 0.2) is 18.2 Å². The minimum absolute atomic E-state index is 0.00805. The van der Waals surface area contributed by atoms with Crippen LogP contribution in [0.4, 0.5) is 11.4 Å². The third kappa shape index (κ3) is 1.97. The van der Waals surface area contributed by atoms with Gasteiger partial charge in [-0.25, -0.2) is 8.42 Å². The molecule has 0 radical (unpaired) electrons. The summed E-state index contributed by atoms with van der Waals surface area (Å²) in [7, 11) is -3.33. The number of nitro benzene ring substituents is 1. The topological polar surface area (TPSA) is 80.5 Å². The van der Waals surface area contributed by atoms with Gasteiger partial charge in [0.05, 0.1) is 16.9 Å². The molecule has 1 aromatic carbocycles. The zero-order valence-electron chi connectivity index (χ0n) is 9.45. The number of anilines is 1. The molecule has 92 valence electrons. The van der Waals surface area contributed by atoms with Gasteiger partial charge in [-0.2, -0.15) is 0 Å². The smallest absolute Gasteiger partial charge is 0.267 e. The van der Waals surface area contributed by atoms with E-state index in [1.165, 1.54) is 22.5 Å². The van der Waals surface area contributed by atoms with Crippen molar-refractivity contribution >= 4 is 21.4 Å². The molecule has 0 spiro atoms. The van der Waals surface area contributed by atoms with Gasteiger partial charge in [0, 0.05) is 18.2 Å². The van der Waals surface area contributed by atoms with Gasteiger partial charge in [-0.3, -0.25) is 14.4 Å². The van der Waals surface area contributed by atoms with Crippen molar-refractivity contribution in [2.45, 2.75) is 19.4 Å². The lowest BCUT2D eigenvalue weighted by atomic mass is 10.1. The summed E-state index contributed by atoms with van der Waals surface area (Å²) in [6, 6.07) is 4.08. The zero-order chi connectivity index (χ0) is 12.8. The molecule has 0 bridgehead atoms. The zero-order valence-corrected chi connectivity index (χ0v) is 10.3. The minimum Gasteiger partial charge on any atom is -0.267 e. The van der Waals surface area contributed by atoms with Crippen LogP contribution in [0.1, 0.15) is 12.5 Å². The van der Waals surface area contributed by atoms with Crippen LogP contribution in [-0.4, -0.2) is 25.6 Å². The first kappa shape index (κ1) is 11.8. The van der Waals surface area contributed by atoms with Crippen molar-refractivity contribution in [1.82, 2.24) is 0 Å². The molecule has 1 aliphatic heterocycles. The summed E-state index contributed by atoms with van der Waals surface area (Å²) in [4.78, 5) is 10.2. The van der Waals surface area contributed by atoms with Crippen LogP contribution in [0, 0.1) is 10.1 Å². The standard InChI is InChI=1S/C10H12N2O4S/c1-7-5-8-6-9(12(13)14)3-4-10(8)11(7)17(2,15)16/h3-4,6-7H,5H2,1-2H3. The Kier molecular flexibility index (Phi) is 2.57. The lowest BCUT2D eigenvalue weighted by Gasteiger charge is -2.21. The highest BCUT2D eigenvalue weighted by Crippen LogP contribution is 2.36. The van der Waals surface area contributed by atoms with E-state index in [4.69, 9.17) is 0 Å². The highest BCUT2D eigenvalue weighted by Gasteiger charge is 2.33. The number of fused-ring (bicyclic) bond motifs is 1. The Morgan fingerprint density at radius 2 is 2.12 bits per heavy atom. The summed E-state index contributed by atoms with van der Waals surface area (Å²) in [6.07, 6.45) is 1.64. The van der Waals surface area contributed by atoms with Crippen molar-refractivity contribution in [3.8, 4) is 0 Å². The predicted molar refractivity (Wildman–Crippen MR) is 63.6 cm³/mol. The molecule has 17 heavy (non-hydrogen) atoms. The summed E-state index contributed by atoms with van der Waals surface area (Å²) < 4.78 is 24.5. The molecule has 0 saturated heterocycles. The van der Waals surface area contributed by atoms with E-state index in [1.54, 1.807) is 6.92 Å². The maximum Gasteiger partial charge on any atom is 0.269 e. The summed E-state index contributed by atoms with van der Waals surface area (Å²) in [5.41, 5.74) is 1.24. The Hall–Kier alpha value is -1.63. The van der Waals surface area contributed by atoms with Crippen LogP contribution < -0.4 is 4.31 Å². The number of nitro groups is 1. The molecule has 1 heterocycles. The number of hydrogen-bond acceptors (Lipinski definition) is 4. The molecule has 1 unspecified atom stereocenters. The predicted octanol–water partition coefficient (Wildman–Crippen LogP) is 1.31. The number of hydrogen-bond donors (Lipinski definition) is 0. The van der Waals surface area contributed by atoms with Crippen LogP contribution >= 0.6 is 0 Å². The Bertz CT molecular complexity index is 582. The molecule has 1 aromatic rings. The van der Waals surface area contributed by atoms with Crippen molar-refractivity contribution in [2.24, 2.45) is 0 Å². The normalized spacial score (nSPS) is 19.2. The van der Waals surface area contributed by atoms with Crippen molar-refractivity contribution in [1.29, 1.82) is 0 Å². The van der Waals surface area contributed by atoms with Crippen LogP contribution in [0.3, 0.4) is 0 Å². The first-order valence-corrected chi connectivity index (χ1v) is 6.92. The van der Waals surface area contributed by atoms with Gasteiger partial charge in [0.25, 0.3) is 5.69 Å². The number of nitrogens with zero attached hydrogens (tertiary/aromatic N) is 2. The number of sulfonamides is 1. The van der Waals surface area contributed by atoms with Gasteiger partial charge in [-0.1, -0.05) is 0 Å². The molecular formula is C10H12N2O4S. The summed E-state index contributed by atoms with van der Waals surface area (Å²) >= 11 is 0. The average molecular weight is 256 g/mol. The molecule has 0 aromatic heterocycles. The van der Waals surface area contributed by atoms with Gasteiger partial charge in [0.2, 0.25) is 10.0 Å². The Balaban J connectivity index is 2.53. The monoisotopic (exact) mass is 256 g/mol. The molecule has 1 aliphatic rings. The van der Waals surface area contributed by atoms with Gasteiger partial charge in [0.15, 0.2) is 0 Å². The average Bonchev–Trinajstić information content (AvgIpc) is 2.51. The van der Waals surface area contributed by atoms with Gasteiger partial charge in [-0.05, 0) is 25.0 Å². The maximum atomic E-state index is 11.6. The van der Waals surface area contributed by atoms with Gasteiger partial charge >= 0.3 is 0 Å². The minimum atomic E-state index is -3.33. The van der Waals surface area contributed by atoms with Crippen molar-refractivity contribution < 1.29 is 13.3 Å². The fourth-order valence-electron chi connectivity index (χ4n) is 2.21. The SMILES string of the molecule is CC1Cc2cc([N+](=O)[O-])ccc2N1S(C)(=O)=O. The molecule has 0 fully saturated rings. The van der Waals surface area contributed by atoms with Crippen molar-refractivity contribution in [3.05, 3.63) is 33.9 Å². The number of non-ortho nitro benzene ring substituents is 1. The van der Waals surface area contributed by atoms with E-state index < -0.39 is 14.9 Å². The van der Waals surface area contributed by atoms with E-state index in [0.717, 1.165) is 6.26 Å². The molecule has 1 atom stereocenters. The number of benzene rings is 1. The Labute approximate surface area is 99.1 Å². The van der Waals surface area contributed by atoms with Gasteiger partial charge in [0.1, 0.15) is 0 Å². The molecule has 7 heteroatoms. The quantitative estimate of drug-likeness (QED) is 0.590. The molecule has 0 N–H and O–H groups in total. The molecule has 0 aliphatic carbocycles. The molecule has 0 saturated carbocycles. The molecular weight excluding hydrogens is 244 g/mol. The second-order valence-corrected chi connectivity index (χ2v) is 6.04. The van der Waals surface area contributed by atoms with Crippen LogP contribution in [0.25, 0.3) is 0 Å². The van der Waals surface area contributed by atoms with E-state index in [-0.39, 0.29) is 11.7 Å². The van der Waals surface area contributed by atoms with E-state index in [9.17, 15) is 18.5 Å². The van der Waals surface area contributed by atoms with E-state index in [0.29, 0.717) is 17.7 Å². The van der Waals surface area contributed by atoms with Crippen LogP contribution in [0.2, 0.25) is 0 Å². The highest BCUT2D eigenvalue weighted by atomic mass is 32.2. The van der Waals surface area contributed by atoms with Crippen LogP contribution in [0.5, 0.6) is 0 Å². The lowest BCUT2D eigenvalue weighted by molar-refractivity contribution is -0.384. The summed E-state index contributed by atoms with van der Waals surface area (Å²) in [5.74, 6) is 0. The Morgan fingerprint density at radius 3 is 2.65 bits per heavy atom. The molecule has 0 amide bonds. The maximum absolute atomic E-state index is 11.6.